The molecular weight excluding hydrogens is 278 g/mol. The van der Waals surface area contributed by atoms with Crippen molar-refractivity contribution in [1.29, 1.82) is 0 Å². The number of nitrogens with one attached hydrogen (secondary N) is 1. The van der Waals surface area contributed by atoms with Gasteiger partial charge in [0.25, 0.3) is 0 Å². The second-order valence-corrected chi connectivity index (χ2v) is 5.26. The Hall–Kier alpha value is -2.33. The summed E-state index contributed by atoms with van der Waals surface area (Å²) in [6.07, 6.45) is -0.413. The summed E-state index contributed by atoms with van der Waals surface area (Å²) in [5, 5.41) is 12.8. The standard InChI is InChI=1S/C18H21NO3/c1-13-4-3-5-14(10-13)11-18(21)19-12-17(20)15-6-8-16(22-2)9-7-15/h3-10,17,20H,11-12H2,1-2H3,(H,19,21). The Morgan fingerprint density at radius 1 is 1.23 bits per heavy atom. The molecule has 0 aliphatic carbocycles. The zero-order valence-corrected chi connectivity index (χ0v) is 12.9. The van der Waals surface area contributed by atoms with E-state index >= 15 is 0 Å². The molecule has 0 aromatic heterocycles. The highest BCUT2D eigenvalue weighted by molar-refractivity contribution is 5.78. The third-order valence-corrected chi connectivity index (χ3v) is 3.44. The summed E-state index contributed by atoms with van der Waals surface area (Å²) in [6, 6.07) is 15.0. The average molecular weight is 299 g/mol. The van der Waals surface area contributed by atoms with Gasteiger partial charge >= 0.3 is 0 Å². The van der Waals surface area contributed by atoms with Crippen molar-refractivity contribution in [2.75, 3.05) is 13.7 Å². The lowest BCUT2D eigenvalue weighted by atomic mass is 10.1. The molecular formula is C18H21NO3. The lowest BCUT2D eigenvalue weighted by Crippen LogP contribution is -2.29. The van der Waals surface area contributed by atoms with Gasteiger partial charge in [-0.15, -0.1) is 0 Å². The molecule has 4 nitrogen and oxygen atoms in total. The Bertz CT molecular complexity index is 622. The van der Waals surface area contributed by atoms with Crippen LogP contribution in [0.4, 0.5) is 0 Å². The molecule has 0 aliphatic heterocycles. The van der Waals surface area contributed by atoms with Crippen molar-refractivity contribution < 1.29 is 14.6 Å². The topological polar surface area (TPSA) is 58.6 Å². The second kappa shape index (κ2) is 7.61. The van der Waals surface area contributed by atoms with Crippen LogP contribution in [0.2, 0.25) is 0 Å². The maximum Gasteiger partial charge on any atom is 0.224 e. The molecule has 2 aromatic rings. The summed E-state index contributed by atoms with van der Waals surface area (Å²) in [5.74, 6) is 0.637. The lowest BCUT2D eigenvalue weighted by molar-refractivity contribution is -0.120. The number of hydrogen-bond acceptors (Lipinski definition) is 3. The van der Waals surface area contributed by atoms with E-state index in [2.05, 4.69) is 5.32 Å². The fourth-order valence-electron chi connectivity index (χ4n) is 2.22. The number of benzene rings is 2. The minimum absolute atomic E-state index is 0.0989. The third-order valence-electron chi connectivity index (χ3n) is 3.44. The van der Waals surface area contributed by atoms with Crippen LogP contribution in [0.25, 0.3) is 0 Å². The minimum Gasteiger partial charge on any atom is -0.497 e. The van der Waals surface area contributed by atoms with Crippen molar-refractivity contribution in [2.24, 2.45) is 0 Å². The number of ether oxygens (including phenoxy) is 1. The van der Waals surface area contributed by atoms with Crippen LogP contribution >= 0.6 is 0 Å². The number of methoxy groups -OCH3 is 1. The van der Waals surface area contributed by atoms with Crippen LogP contribution in [0.15, 0.2) is 48.5 Å². The molecule has 0 saturated carbocycles. The van der Waals surface area contributed by atoms with E-state index in [0.717, 1.165) is 22.4 Å². The van der Waals surface area contributed by atoms with Gasteiger partial charge < -0.3 is 15.2 Å². The van der Waals surface area contributed by atoms with Gasteiger partial charge in [-0.05, 0) is 30.2 Å². The van der Waals surface area contributed by atoms with Crippen molar-refractivity contribution in [2.45, 2.75) is 19.4 Å². The smallest absolute Gasteiger partial charge is 0.224 e. The molecule has 116 valence electrons. The lowest BCUT2D eigenvalue weighted by Gasteiger charge is -2.13. The fraction of sp³-hybridized carbons (Fsp3) is 0.278. The average Bonchev–Trinajstić information content (AvgIpc) is 2.52. The summed E-state index contributed by atoms with van der Waals surface area (Å²) in [5.41, 5.74) is 2.84. The highest BCUT2D eigenvalue weighted by atomic mass is 16.5. The van der Waals surface area contributed by atoms with Crippen LogP contribution in [0.3, 0.4) is 0 Å². The summed E-state index contributed by atoms with van der Waals surface area (Å²) in [4.78, 5) is 11.9. The van der Waals surface area contributed by atoms with Crippen LogP contribution in [-0.2, 0) is 11.2 Å². The SMILES string of the molecule is COc1ccc(C(O)CNC(=O)Cc2cccc(C)c2)cc1. The van der Waals surface area contributed by atoms with Crippen LogP contribution in [0.5, 0.6) is 5.75 Å². The number of rotatable bonds is 6. The second-order valence-electron chi connectivity index (χ2n) is 5.26. The molecule has 0 aliphatic rings. The Balaban J connectivity index is 1.84. The first-order valence-corrected chi connectivity index (χ1v) is 7.23. The van der Waals surface area contributed by atoms with Crippen molar-refractivity contribution in [3.8, 4) is 5.75 Å². The largest absolute Gasteiger partial charge is 0.497 e. The molecule has 0 heterocycles. The monoisotopic (exact) mass is 299 g/mol. The molecule has 0 radical (unpaired) electrons. The predicted molar refractivity (Wildman–Crippen MR) is 85.8 cm³/mol. The van der Waals surface area contributed by atoms with Crippen molar-refractivity contribution >= 4 is 5.91 Å². The van der Waals surface area contributed by atoms with Gasteiger partial charge in [0, 0.05) is 6.54 Å². The van der Waals surface area contributed by atoms with E-state index in [1.54, 1.807) is 31.4 Å². The molecule has 1 unspecified atom stereocenters. The zero-order valence-electron chi connectivity index (χ0n) is 12.9. The van der Waals surface area contributed by atoms with Gasteiger partial charge in [-0.2, -0.15) is 0 Å². The van der Waals surface area contributed by atoms with E-state index in [-0.39, 0.29) is 12.5 Å². The van der Waals surface area contributed by atoms with E-state index < -0.39 is 6.10 Å². The third kappa shape index (κ3) is 4.60. The summed E-state index contributed by atoms with van der Waals surface area (Å²) >= 11 is 0. The molecule has 2 aromatic carbocycles. The molecule has 1 atom stereocenters. The van der Waals surface area contributed by atoms with Gasteiger partial charge in [0.05, 0.1) is 19.6 Å². The molecule has 2 rings (SSSR count). The van der Waals surface area contributed by atoms with Gasteiger partial charge in [-0.1, -0.05) is 42.0 Å². The first kappa shape index (κ1) is 16.0. The Kier molecular flexibility index (Phi) is 5.55. The van der Waals surface area contributed by atoms with E-state index in [1.807, 2.05) is 31.2 Å². The molecule has 0 fully saturated rings. The van der Waals surface area contributed by atoms with Gasteiger partial charge in [0.1, 0.15) is 5.75 Å². The van der Waals surface area contributed by atoms with Crippen molar-refractivity contribution in [3.63, 3.8) is 0 Å². The number of carbonyl (C=O) groups is 1. The molecule has 0 saturated heterocycles. The Morgan fingerprint density at radius 3 is 2.59 bits per heavy atom. The van der Waals surface area contributed by atoms with E-state index in [9.17, 15) is 9.90 Å². The highest BCUT2D eigenvalue weighted by Gasteiger charge is 2.10. The number of carbonyl (C=O) groups excluding carboxylic acids is 1. The van der Waals surface area contributed by atoms with Crippen LogP contribution in [0.1, 0.15) is 22.8 Å². The van der Waals surface area contributed by atoms with Crippen LogP contribution in [0, 0.1) is 6.92 Å². The first-order chi connectivity index (χ1) is 10.6. The van der Waals surface area contributed by atoms with Crippen LogP contribution < -0.4 is 10.1 Å². The van der Waals surface area contributed by atoms with Gasteiger partial charge in [-0.25, -0.2) is 0 Å². The number of hydrogen-bond donors (Lipinski definition) is 2. The Morgan fingerprint density at radius 2 is 1.95 bits per heavy atom. The minimum atomic E-state index is -0.729. The number of amides is 1. The maximum atomic E-state index is 11.9. The first-order valence-electron chi connectivity index (χ1n) is 7.23. The van der Waals surface area contributed by atoms with Crippen LogP contribution in [-0.4, -0.2) is 24.7 Å². The van der Waals surface area contributed by atoms with Gasteiger partial charge in [0.2, 0.25) is 5.91 Å². The van der Waals surface area contributed by atoms with Gasteiger partial charge in [0.15, 0.2) is 0 Å². The van der Waals surface area contributed by atoms with E-state index in [0.29, 0.717) is 6.42 Å². The van der Waals surface area contributed by atoms with Gasteiger partial charge in [-0.3, -0.25) is 4.79 Å². The molecule has 22 heavy (non-hydrogen) atoms. The molecule has 0 spiro atoms. The quantitative estimate of drug-likeness (QED) is 0.861. The number of aryl methyl sites for hydroxylation is 1. The molecule has 2 N–H and O–H groups in total. The van der Waals surface area contributed by atoms with Crippen molar-refractivity contribution in [1.82, 2.24) is 5.32 Å². The summed E-state index contributed by atoms with van der Waals surface area (Å²) in [7, 11) is 1.59. The predicted octanol–water partition coefficient (Wildman–Crippen LogP) is 2.40. The van der Waals surface area contributed by atoms with E-state index in [4.69, 9.17) is 4.74 Å². The van der Waals surface area contributed by atoms with E-state index in [1.165, 1.54) is 0 Å². The highest BCUT2D eigenvalue weighted by Crippen LogP contribution is 2.17. The normalized spacial score (nSPS) is 11.8. The molecule has 4 heteroatoms. The summed E-state index contributed by atoms with van der Waals surface area (Å²) < 4.78 is 5.07. The number of aliphatic hydroxyl groups is 1. The summed E-state index contributed by atoms with van der Waals surface area (Å²) in [6.45, 7) is 2.19. The van der Waals surface area contributed by atoms with Crippen molar-refractivity contribution in [3.05, 3.63) is 65.2 Å². The fourth-order valence-corrected chi connectivity index (χ4v) is 2.22. The molecule has 0 bridgehead atoms. The zero-order chi connectivity index (χ0) is 15.9. The molecule has 1 amide bonds. The Labute approximate surface area is 130 Å². The number of aliphatic hydroxyl groups excluding tert-OH is 1. The maximum absolute atomic E-state index is 11.9.